The van der Waals surface area contributed by atoms with Crippen molar-refractivity contribution in [2.45, 2.75) is 18.7 Å². The molecule has 0 aliphatic carbocycles. The quantitative estimate of drug-likeness (QED) is 0.514. The van der Waals surface area contributed by atoms with E-state index in [2.05, 4.69) is 19.1 Å². The van der Waals surface area contributed by atoms with Crippen LogP contribution >= 0.6 is 11.8 Å². The third-order valence-corrected chi connectivity index (χ3v) is 2.49. The summed E-state index contributed by atoms with van der Waals surface area (Å²) in [6, 6.07) is 4.22. The molecular formula is C9H13NS. The Morgan fingerprint density at radius 1 is 1.27 bits per heavy atom. The molecule has 1 aromatic rings. The highest BCUT2D eigenvalue weighted by Crippen LogP contribution is 2.26. The summed E-state index contributed by atoms with van der Waals surface area (Å²) < 4.78 is 0. The van der Waals surface area contributed by atoms with E-state index >= 15 is 0 Å². The van der Waals surface area contributed by atoms with Crippen molar-refractivity contribution >= 4 is 17.4 Å². The van der Waals surface area contributed by atoms with Crippen LogP contribution in [0.3, 0.4) is 0 Å². The molecule has 0 spiro atoms. The molecule has 11 heavy (non-hydrogen) atoms. The molecule has 1 nitrogen and oxygen atoms in total. The number of hydrogen-bond acceptors (Lipinski definition) is 2. The summed E-state index contributed by atoms with van der Waals surface area (Å²) in [5.74, 6) is 0. The Balaban J connectivity index is 3.24. The SMILES string of the molecule is CSc1cc(C)cc(C)c1N. The highest BCUT2D eigenvalue weighted by molar-refractivity contribution is 7.98. The molecule has 0 unspecified atom stereocenters. The van der Waals surface area contributed by atoms with Crippen LogP contribution in [-0.4, -0.2) is 6.26 Å². The average molecular weight is 167 g/mol. The third-order valence-electron chi connectivity index (χ3n) is 1.71. The molecule has 0 saturated carbocycles. The minimum absolute atomic E-state index is 0.920. The Morgan fingerprint density at radius 2 is 1.91 bits per heavy atom. The van der Waals surface area contributed by atoms with E-state index in [9.17, 15) is 0 Å². The van der Waals surface area contributed by atoms with Gasteiger partial charge in [-0.15, -0.1) is 11.8 Å². The van der Waals surface area contributed by atoms with Gasteiger partial charge < -0.3 is 5.73 Å². The van der Waals surface area contributed by atoms with E-state index in [0.29, 0.717) is 0 Å². The molecule has 0 radical (unpaired) electrons. The molecule has 0 heterocycles. The van der Waals surface area contributed by atoms with Gasteiger partial charge in [-0.05, 0) is 37.3 Å². The first-order valence-corrected chi connectivity index (χ1v) is 4.78. The summed E-state index contributed by atoms with van der Waals surface area (Å²) >= 11 is 1.70. The molecule has 0 aliphatic rings. The lowest BCUT2D eigenvalue weighted by Gasteiger charge is -2.06. The number of anilines is 1. The Labute approximate surface area is 72.0 Å². The van der Waals surface area contributed by atoms with Crippen molar-refractivity contribution in [3.05, 3.63) is 23.3 Å². The fourth-order valence-corrected chi connectivity index (χ4v) is 1.79. The lowest BCUT2D eigenvalue weighted by molar-refractivity contribution is 1.30. The summed E-state index contributed by atoms with van der Waals surface area (Å²) in [4.78, 5) is 1.18. The molecule has 0 saturated heterocycles. The Morgan fingerprint density at radius 3 is 2.45 bits per heavy atom. The molecule has 1 aromatic carbocycles. The van der Waals surface area contributed by atoms with Crippen LogP contribution in [0.1, 0.15) is 11.1 Å². The predicted octanol–water partition coefficient (Wildman–Crippen LogP) is 2.61. The molecule has 2 N–H and O–H groups in total. The Bertz CT molecular complexity index is 269. The van der Waals surface area contributed by atoms with Crippen LogP contribution in [0.5, 0.6) is 0 Å². The number of benzene rings is 1. The highest BCUT2D eigenvalue weighted by Gasteiger charge is 2.00. The normalized spacial score (nSPS) is 10.1. The van der Waals surface area contributed by atoms with Gasteiger partial charge in [-0.1, -0.05) is 6.07 Å². The van der Waals surface area contributed by atoms with Crippen LogP contribution in [0.15, 0.2) is 17.0 Å². The van der Waals surface area contributed by atoms with Crippen molar-refractivity contribution in [1.82, 2.24) is 0 Å². The first-order chi connectivity index (χ1) is 5.15. The standard InChI is InChI=1S/C9H13NS/c1-6-4-7(2)9(10)8(5-6)11-3/h4-5H,10H2,1-3H3. The molecule has 1 rings (SSSR count). The van der Waals surface area contributed by atoms with Crippen molar-refractivity contribution < 1.29 is 0 Å². The van der Waals surface area contributed by atoms with Crippen LogP contribution in [0.2, 0.25) is 0 Å². The van der Waals surface area contributed by atoms with Gasteiger partial charge in [0.15, 0.2) is 0 Å². The molecule has 60 valence electrons. The van der Waals surface area contributed by atoms with Crippen molar-refractivity contribution in [2.24, 2.45) is 0 Å². The smallest absolute Gasteiger partial charge is 0.0482 e. The number of aryl methyl sites for hydroxylation is 2. The second-order valence-electron chi connectivity index (χ2n) is 2.70. The highest BCUT2D eigenvalue weighted by atomic mass is 32.2. The van der Waals surface area contributed by atoms with Gasteiger partial charge in [0.2, 0.25) is 0 Å². The summed E-state index contributed by atoms with van der Waals surface area (Å²) in [5.41, 5.74) is 9.21. The lowest BCUT2D eigenvalue weighted by atomic mass is 10.1. The van der Waals surface area contributed by atoms with E-state index in [1.165, 1.54) is 16.0 Å². The minimum atomic E-state index is 0.920. The van der Waals surface area contributed by atoms with Gasteiger partial charge in [0, 0.05) is 10.6 Å². The van der Waals surface area contributed by atoms with E-state index in [-0.39, 0.29) is 0 Å². The molecule has 0 aliphatic heterocycles. The van der Waals surface area contributed by atoms with Gasteiger partial charge in [0.25, 0.3) is 0 Å². The lowest BCUT2D eigenvalue weighted by Crippen LogP contribution is -1.92. The fraction of sp³-hybridized carbons (Fsp3) is 0.333. The number of hydrogen-bond donors (Lipinski definition) is 1. The molecule has 0 bridgehead atoms. The molecule has 0 fully saturated rings. The first kappa shape index (κ1) is 8.47. The van der Waals surface area contributed by atoms with Crippen LogP contribution in [0.25, 0.3) is 0 Å². The van der Waals surface area contributed by atoms with Gasteiger partial charge in [0.1, 0.15) is 0 Å². The van der Waals surface area contributed by atoms with Crippen LogP contribution in [-0.2, 0) is 0 Å². The van der Waals surface area contributed by atoms with Gasteiger partial charge in [-0.2, -0.15) is 0 Å². The number of nitrogen functional groups attached to an aromatic ring is 1. The van der Waals surface area contributed by atoms with E-state index < -0.39 is 0 Å². The summed E-state index contributed by atoms with van der Waals surface area (Å²) in [6.07, 6.45) is 2.05. The number of nitrogens with two attached hydrogens (primary N) is 1. The van der Waals surface area contributed by atoms with Gasteiger partial charge >= 0.3 is 0 Å². The first-order valence-electron chi connectivity index (χ1n) is 3.56. The van der Waals surface area contributed by atoms with Crippen LogP contribution in [0.4, 0.5) is 5.69 Å². The minimum Gasteiger partial charge on any atom is -0.398 e. The predicted molar refractivity (Wildman–Crippen MR) is 52.1 cm³/mol. The summed E-state index contributed by atoms with van der Waals surface area (Å²) in [5, 5.41) is 0. The maximum Gasteiger partial charge on any atom is 0.0482 e. The Hall–Kier alpha value is -0.630. The maximum atomic E-state index is 5.84. The zero-order valence-electron chi connectivity index (χ0n) is 7.14. The zero-order chi connectivity index (χ0) is 8.43. The van der Waals surface area contributed by atoms with Crippen molar-refractivity contribution in [2.75, 3.05) is 12.0 Å². The van der Waals surface area contributed by atoms with Crippen molar-refractivity contribution in [3.8, 4) is 0 Å². The van der Waals surface area contributed by atoms with Crippen LogP contribution < -0.4 is 5.73 Å². The Kier molecular flexibility index (Phi) is 2.45. The topological polar surface area (TPSA) is 26.0 Å². The second kappa shape index (κ2) is 3.18. The number of rotatable bonds is 1. The van der Waals surface area contributed by atoms with Gasteiger partial charge in [0.05, 0.1) is 0 Å². The third kappa shape index (κ3) is 1.69. The molecular weight excluding hydrogens is 154 g/mol. The zero-order valence-corrected chi connectivity index (χ0v) is 7.96. The summed E-state index contributed by atoms with van der Waals surface area (Å²) in [6.45, 7) is 4.13. The monoisotopic (exact) mass is 167 g/mol. The number of thioether (sulfide) groups is 1. The molecule has 0 aromatic heterocycles. The van der Waals surface area contributed by atoms with Gasteiger partial charge in [-0.3, -0.25) is 0 Å². The largest absolute Gasteiger partial charge is 0.398 e. The molecule has 0 atom stereocenters. The van der Waals surface area contributed by atoms with E-state index in [4.69, 9.17) is 5.73 Å². The summed E-state index contributed by atoms with van der Waals surface area (Å²) in [7, 11) is 0. The maximum absolute atomic E-state index is 5.84. The van der Waals surface area contributed by atoms with Crippen molar-refractivity contribution in [3.63, 3.8) is 0 Å². The molecule has 2 heteroatoms. The van der Waals surface area contributed by atoms with Gasteiger partial charge in [-0.25, -0.2) is 0 Å². The average Bonchev–Trinajstić information content (AvgIpc) is 1.96. The van der Waals surface area contributed by atoms with E-state index in [1.54, 1.807) is 11.8 Å². The fourth-order valence-electron chi connectivity index (χ4n) is 1.11. The second-order valence-corrected chi connectivity index (χ2v) is 3.55. The van der Waals surface area contributed by atoms with Crippen molar-refractivity contribution in [1.29, 1.82) is 0 Å². The van der Waals surface area contributed by atoms with E-state index in [1.807, 2.05) is 13.2 Å². The van der Waals surface area contributed by atoms with E-state index in [0.717, 1.165) is 5.69 Å². The van der Waals surface area contributed by atoms with Crippen LogP contribution in [0, 0.1) is 13.8 Å². The molecule has 0 amide bonds.